The molecule has 0 aliphatic carbocycles. The van der Waals surface area contributed by atoms with Gasteiger partial charge in [-0.1, -0.05) is 23.5 Å². The third-order valence-electron chi connectivity index (χ3n) is 4.85. The second-order valence-corrected chi connectivity index (χ2v) is 8.55. The zero-order valence-electron chi connectivity index (χ0n) is 17.5. The molecule has 0 radical (unpaired) electrons. The van der Waals surface area contributed by atoms with E-state index < -0.39 is 5.91 Å². The Kier molecular flexibility index (Phi) is 6.33. The molecule has 4 aromatic rings. The molecule has 2 heterocycles. The van der Waals surface area contributed by atoms with Crippen LogP contribution in [0.15, 0.2) is 53.3 Å². The molecule has 0 saturated carbocycles. The number of aromatic nitrogens is 4. The molecule has 4 rings (SSSR count). The first-order chi connectivity index (χ1) is 15.4. The molecule has 2 aromatic heterocycles. The number of carbonyl (C=O) groups excluding carboxylic acids is 1. The molecule has 164 valence electrons. The largest absolute Gasteiger partial charge is 0.320 e. The minimum Gasteiger partial charge on any atom is -0.320 e. The third-order valence-corrected chi connectivity index (χ3v) is 5.75. The highest BCUT2D eigenvalue weighted by Gasteiger charge is 2.18. The highest BCUT2D eigenvalue weighted by Crippen LogP contribution is 2.18. The summed E-state index contributed by atoms with van der Waals surface area (Å²) in [6.07, 6.45) is 0. The van der Waals surface area contributed by atoms with Gasteiger partial charge in [0, 0.05) is 11.7 Å². The van der Waals surface area contributed by atoms with Crippen LogP contribution in [-0.2, 0) is 13.1 Å². The third kappa shape index (κ3) is 5.04. The van der Waals surface area contributed by atoms with Crippen molar-refractivity contribution in [3.63, 3.8) is 0 Å². The lowest BCUT2D eigenvalue weighted by Crippen LogP contribution is -2.31. The van der Waals surface area contributed by atoms with Gasteiger partial charge in [-0.2, -0.15) is 0 Å². The molecule has 1 amide bonds. The number of amides is 1. The maximum Gasteiger partial charge on any atom is 0.286 e. The second-order valence-electron chi connectivity index (χ2n) is 7.49. The number of carbonyl (C=O) groups is 1. The van der Waals surface area contributed by atoms with Crippen molar-refractivity contribution in [2.75, 3.05) is 5.32 Å². The Morgan fingerprint density at radius 1 is 1.12 bits per heavy atom. The fourth-order valence-electron chi connectivity index (χ4n) is 3.12. The monoisotopic (exact) mass is 452 g/mol. The zero-order valence-corrected chi connectivity index (χ0v) is 18.3. The summed E-state index contributed by atoms with van der Waals surface area (Å²) in [6, 6.07) is 12.8. The normalized spacial score (nSPS) is 11.4. The number of hydrogen-bond acceptors (Lipinski definition) is 7. The van der Waals surface area contributed by atoms with Crippen LogP contribution in [0.1, 0.15) is 34.5 Å². The molecule has 0 fully saturated rings. The van der Waals surface area contributed by atoms with E-state index in [-0.39, 0.29) is 22.4 Å². The number of nitrogens with one attached hydrogen (secondary N) is 2. The Labute approximate surface area is 187 Å². The topological polar surface area (TPSA) is 104 Å². The van der Waals surface area contributed by atoms with E-state index in [1.54, 1.807) is 12.1 Å². The fraction of sp³-hybridized carbons (Fsp3) is 0.227. The van der Waals surface area contributed by atoms with Crippen LogP contribution in [0.2, 0.25) is 0 Å². The number of hydrogen-bond donors (Lipinski definition) is 2. The van der Waals surface area contributed by atoms with Crippen molar-refractivity contribution in [2.45, 2.75) is 33.0 Å². The molecular formula is C22H21FN6O2S. The summed E-state index contributed by atoms with van der Waals surface area (Å²) in [6.45, 7) is 4.91. The van der Waals surface area contributed by atoms with Crippen molar-refractivity contribution in [2.24, 2.45) is 0 Å². The Morgan fingerprint density at radius 2 is 1.88 bits per heavy atom. The van der Waals surface area contributed by atoms with Crippen molar-refractivity contribution >= 4 is 33.8 Å². The smallest absolute Gasteiger partial charge is 0.286 e. The molecule has 0 saturated heterocycles. The van der Waals surface area contributed by atoms with Crippen molar-refractivity contribution in [1.82, 2.24) is 25.1 Å². The van der Waals surface area contributed by atoms with E-state index in [0.717, 1.165) is 0 Å². The number of rotatable bonds is 7. The number of nitrogens with zero attached hydrogens (tertiary/aromatic N) is 4. The number of anilines is 1. The SMILES string of the molecule is CC(C)N(Cc1nc2ccccc2c(=O)[nH]1)Cc1nnc(C(=O)Nc2ccc(F)cc2)s1. The molecular weight excluding hydrogens is 431 g/mol. The first-order valence-corrected chi connectivity index (χ1v) is 10.8. The summed E-state index contributed by atoms with van der Waals surface area (Å²) in [7, 11) is 0. The van der Waals surface area contributed by atoms with Gasteiger partial charge < -0.3 is 10.3 Å². The number of para-hydroxylation sites is 1. The van der Waals surface area contributed by atoms with Crippen LogP contribution in [0, 0.1) is 5.82 Å². The van der Waals surface area contributed by atoms with Gasteiger partial charge in [-0.3, -0.25) is 14.5 Å². The Hall–Kier alpha value is -3.50. The molecule has 2 aromatic carbocycles. The minimum absolute atomic E-state index is 0.132. The zero-order chi connectivity index (χ0) is 22.7. The van der Waals surface area contributed by atoms with Gasteiger partial charge in [-0.25, -0.2) is 9.37 Å². The minimum atomic E-state index is -0.406. The molecule has 0 aliphatic heterocycles. The fourth-order valence-corrected chi connectivity index (χ4v) is 3.88. The van der Waals surface area contributed by atoms with Crippen LogP contribution in [0.25, 0.3) is 10.9 Å². The summed E-state index contributed by atoms with van der Waals surface area (Å²) in [5, 5.41) is 12.2. The Balaban J connectivity index is 1.47. The summed E-state index contributed by atoms with van der Waals surface area (Å²) in [5.74, 6) is -0.226. The summed E-state index contributed by atoms with van der Waals surface area (Å²) in [5.41, 5.74) is 0.943. The Bertz CT molecular complexity index is 1300. The first-order valence-electron chi connectivity index (χ1n) is 10.0. The van der Waals surface area contributed by atoms with E-state index in [2.05, 4.69) is 30.4 Å². The van der Waals surface area contributed by atoms with E-state index in [4.69, 9.17) is 0 Å². The van der Waals surface area contributed by atoms with Crippen LogP contribution < -0.4 is 10.9 Å². The molecule has 32 heavy (non-hydrogen) atoms. The van der Waals surface area contributed by atoms with Crippen LogP contribution in [-0.4, -0.2) is 37.0 Å². The first kappa shape index (κ1) is 21.7. The predicted molar refractivity (Wildman–Crippen MR) is 121 cm³/mol. The van der Waals surface area contributed by atoms with Crippen LogP contribution in [0.3, 0.4) is 0 Å². The van der Waals surface area contributed by atoms with E-state index in [9.17, 15) is 14.0 Å². The van der Waals surface area contributed by atoms with Gasteiger partial charge in [-0.15, -0.1) is 10.2 Å². The van der Waals surface area contributed by atoms with Gasteiger partial charge in [0.05, 0.1) is 24.0 Å². The maximum absolute atomic E-state index is 13.0. The molecule has 10 heteroatoms. The molecule has 8 nitrogen and oxygen atoms in total. The molecule has 0 spiro atoms. The highest BCUT2D eigenvalue weighted by molar-refractivity contribution is 7.13. The highest BCUT2D eigenvalue weighted by atomic mass is 32.1. The molecule has 0 unspecified atom stereocenters. The maximum atomic E-state index is 13.0. The van der Waals surface area contributed by atoms with Gasteiger partial charge in [0.2, 0.25) is 5.01 Å². The molecule has 0 aliphatic rings. The van der Waals surface area contributed by atoms with Crippen molar-refractivity contribution < 1.29 is 9.18 Å². The summed E-state index contributed by atoms with van der Waals surface area (Å²) >= 11 is 1.18. The molecule has 0 bridgehead atoms. The Morgan fingerprint density at radius 3 is 2.62 bits per heavy atom. The lowest BCUT2D eigenvalue weighted by molar-refractivity contribution is 0.102. The predicted octanol–water partition coefficient (Wildman–Crippen LogP) is 3.58. The number of aromatic amines is 1. The lowest BCUT2D eigenvalue weighted by Gasteiger charge is -2.24. The number of fused-ring (bicyclic) bond motifs is 1. The average molecular weight is 453 g/mol. The van der Waals surface area contributed by atoms with Crippen molar-refractivity contribution in [1.29, 1.82) is 0 Å². The summed E-state index contributed by atoms with van der Waals surface area (Å²) in [4.78, 5) is 34.3. The van der Waals surface area contributed by atoms with Crippen molar-refractivity contribution in [3.8, 4) is 0 Å². The molecule has 2 N–H and O–H groups in total. The number of halogens is 1. The average Bonchev–Trinajstić information content (AvgIpc) is 3.24. The van der Waals surface area contributed by atoms with E-state index in [0.29, 0.717) is 40.5 Å². The standard InChI is InChI=1S/C22H21FN6O2S/c1-13(2)29(11-18-25-17-6-4-3-5-16(17)20(30)26-18)12-19-27-28-22(32-19)21(31)24-15-9-7-14(23)8-10-15/h3-10,13H,11-12H2,1-2H3,(H,24,31)(H,25,26,30). The van der Waals surface area contributed by atoms with Gasteiger partial charge in [0.1, 0.15) is 16.6 Å². The van der Waals surface area contributed by atoms with Gasteiger partial charge in [0.25, 0.3) is 11.5 Å². The van der Waals surface area contributed by atoms with Gasteiger partial charge in [0.15, 0.2) is 0 Å². The van der Waals surface area contributed by atoms with Crippen LogP contribution in [0.4, 0.5) is 10.1 Å². The summed E-state index contributed by atoms with van der Waals surface area (Å²) < 4.78 is 13.0. The van der Waals surface area contributed by atoms with Crippen LogP contribution >= 0.6 is 11.3 Å². The molecule has 0 atom stereocenters. The van der Waals surface area contributed by atoms with Crippen molar-refractivity contribution in [3.05, 3.63) is 80.5 Å². The van der Waals surface area contributed by atoms with E-state index in [1.165, 1.54) is 35.6 Å². The van der Waals surface area contributed by atoms with Gasteiger partial charge >= 0.3 is 0 Å². The van der Waals surface area contributed by atoms with E-state index >= 15 is 0 Å². The number of H-pyrrole nitrogens is 1. The quantitative estimate of drug-likeness (QED) is 0.444. The number of benzene rings is 2. The van der Waals surface area contributed by atoms with Crippen LogP contribution in [0.5, 0.6) is 0 Å². The van der Waals surface area contributed by atoms with E-state index in [1.807, 2.05) is 26.0 Å². The second kappa shape index (κ2) is 9.33. The lowest BCUT2D eigenvalue weighted by atomic mass is 10.2. The van der Waals surface area contributed by atoms with Gasteiger partial charge in [-0.05, 0) is 50.2 Å².